The largest absolute Gasteiger partial charge is 0.355 e. The van der Waals surface area contributed by atoms with Crippen LogP contribution >= 0.6 is 0 Å². The number of carbonyl (C=O) groups excluding carboxylic acids is 1. The summed E-state index contributed by atoms with van der Waals surface area (Å²) in [6.45, 7) is 8.79. The van der Waals surface area contributed by atoms with E-state index in [4.69, 9.17) is 0 Å². The SMILES string of the molecule is Cc1cc(C)c(C)c(S(=O)(=O)N2CCC(C(=O)NCCc3nnc4ccccn34)CC2)c1C. The molecule has 176 valence electrons. The maximum Gasteiger partial charge on any atom is 0.243 e. The molecule has 1 fully saturated rings. The monoisotopic (exact) mass is 469 g/mol. The van der Waals surface area contributed by atoms with Gasteiger partial charge in [0.2, 0.25) is 15.9 Å². The number of fused-ring (bicyclic) bond motifs is 1. The van der Waals surface area contributed by atoms with Crippen LogP contribution in [0.3, 0.4) is 0 Å². The highest BCUT2D eigenvalue weighted by Gasteiger charge is 2.34. The number of sulfonamides is 1. The minimum Gasteiger partial charge on any atom is -0.355 e. The molecule has 0 saturated carbocycles. The molecule has 1 amide bonds. The van der Waals surface area contributed by atoms with E-state index in [-0.39, 0.29) is 11.8 Å². The Morgan fingerprint density at radius 1 is 1.06 bits per heavy atom. The van der Waals surface area contributed by atoms with Gasteiger partial charge in [0.05, 0.1) is 4.90 Å². The minimum atomic E-state index is -3.60. The van der Waals surface area contributed by atoms with Gasteiger partial charge in [-0.2, -0.15) is 4.31 Å². The smallest absolute Gasteiger partial charge is 0.243 e. The molecule has 1 aromatic carbocycles. The molecule has 1 aliphatic heterocycles. The number of aromatic nitrogens is 3. The number of hydrogen-bond donors (Lipinski definition) is 1. The van der Waals surface area contributed by atoms with Crippen molar-refractivity contribution in [3.05, 3.63) is 58.5 Å². The van der Waals surface area contributed by atoms with Crippen molar-refractivity contribution >= 4 is 21.6 Å². The Morgan fingerprint density at radius 2 is 1.73 bits per heavy atom. The zero-order valence-electron chi connectivity index (χ0n) is 19.6. The number of amides is 1. The van der Waals surface area contributed by atoms with Crippen molar-refractivity contribution in [1.29, 1.82) is 0 Å². The molecule has 0 unspecified atom stereocenters. The molecule has 8 nitrogen and oxygen atoms in total. The average molecular weight is 470 g/mol. The molecule has 0 bridgehead atoms. The second-order valence-corrected chi connectivity index (χ2v) is 10.7. The van der Waals surface area contributed by atoms with Gasteiger partial charge in [-0.15, -0.1) is 10.2 Å². The average Bonchev–Trinajstić information content (AvgIpc) is 3.21. The van der Waals surface area contributed by atoms with Crippen molar-refractivity contribution < 1.29 is 13.2 Å². The van der Waals surface area contributed by atoms with Gasteiger partial charge in [0.25, 0.3) is 0 Å². The van der Waals surface area contributed by atoms with Gasteiger partial charge in [0.15, 0.2) is 5.65 Å². The van der Waals surface area contributed by atoms with Crippen molar-refractivity contribution in [1.82, 2.24) is 24.2 Å². The third-order valence-electron chi connectivity index (χ3n) is 6.75. The van der Waals surface area contributed by atoms with Crippen molar-refractivity contribution in [2.75, 3.05) is 19.6 Å². The van der Waals surface area contributed by atoms with Crippen LogP contribution in [0.15, 0.2) is 35.4 Å². The Morgan fingerprint density at radius 3 is 2.39 bits per heavy atom. The summed E-state index contributed by atoms with van der Waals surface area (Å²) < 4.78 is 30.3. The fourth-order valence-electron chi connectivity index (χ4n) is 4.56. The molecule has 33 heavy (non-hydrogen) atoms. The van der Waals surface area contributed by atoms with Gasteiger partial charge < -0.3 is 5.32 Å². The molecule has 0 radical (unpaired) electrons. The maximum absolute atomic E-state index is 13.4. The third-order valence-corrected chi connectivity index (χ3v) is 8.93. The first kappa shape index (κ1) is 23.4. The van der Waals surface area contributed by atoms with Gasteiger partial charge in [-0.05, 0) is 74.9 Å². The number of hydrogen-bond acceptors (Lipinski definition) is 5. The Balaban J connectivity index is 1.35. The molecule has 3 heterocycles. The number of carbonyl (C=O) groups is 1. The van der Waals surface area contributed by atoms with E-state index < -0.39 is 10.0 Å². The summed E-state index contributed by atoms with van der Waals surface area (Å²) in [6.07, 6.45) is 3.51. The first-order valence-corrected chi connectivity index (χ1v) is 12.8. The van der Waals surface area contributed by atoms with E-state index in [1.807, 2.05) is 62.6 Å². The van der Waals surface area contributed by atoms with Gasteiger partial charge in [-0.25, -0.2) is 8.42 Å². The highest BCUT2D eigenvalue weighted by Crippen LogP contribution is 2.31. The minimum absolute atomic E-state index is 0.0281. The van der Waals surface area contributed by atoms with E-state index in [1.54, 1.807) is 0 Å². The molecular weight excluding hydrogens is 438 g/mol. The zero-order chi connectivity index (χ0) is 23.8. The Hall–Kier alpha value is -2.78. The number of pyridine rings is 1. The van der Waals surface area contributed by atoms with Crippen molar-refractivity contribution in [3.8, 4) is 0 Å². The Bertz CT molecular complexity index is 1260. The van der Waals surface area contributed by atoms with Crippen LogP contribution < -0.4 is 5.32 Å². The van der Waals surface area contributed by atoms with Crippen molar-refractivity contribution in [3.63, 3.8) is 0 Å². The second kappa shape index (κ2) is 9.23. The summed E-state index contributed by atoms with van der Waals surface area (Å²) in [5.74, 6) is 0.582. The van der Waals surface area contributed by atoms with Crippen molar-refractivity contribution in [2.45, 2.75) is 51.9 Å². The predicted octanol–water partition coefficient (Wildman–Crippen LogP) is 2.72. The van der Waals surface area contributed by atoms with Gasteiger partial charge >= 0.3 is 0 Å². The lowest BCUT2D eigenvalue weighted by Crippen LogP contribution is -2.43. The fourth-order valence-corrected chi connectivity index (χ4v) is 6.60. The molecule has 4 rings (SSSR count). The molecular formula is C24H31N5O3S. The summed E-state index contributed by atoms with van der Waals surface area (Å²) in [6, 6.07) is 7.74. The molecule has 1 N–H and O–H groups in total. The van der Waals surface area contributed by atoms with Crippen LogP contribution in [-0.2, 0) is 21.2 Å². The highest BCUT2D eigenvalue weighted by molar-refractivity contribution is 7.89. The molecule has 9 heteroatoms. The summed E-state index contributed by atoms with van der Waals surface area (Å²) in [4.78, 5) is 13.1. The Kier molecular flexibility index (Phi) is 6.54. The third kappa shape index (κ3) is 4.52. The second-order valence-electron chi connectivity index (χ2n) is 8.85. The maximum atomic E-state index is 13.4. The lowest BCUT2D eigenvalue weighted by atomic mass is 9.97. The van der Waals surface area contributed by atoms with E-state index in [9.17, 15) is 13.2 Å². The van der Waals surface area contributed by atoms with Crippen LogP contribution in [0, 0.1) is 33.6 Å². The van der Waals surface area contributed by atoms with Crippen LogP contribution in [0.5, 0.6) is 0 Å². The number of rotatable bonds is 6. The standard InChI is InChI=1S/C24H31N5O3S/c1-16-15-17(2)19(4)23(18(16)3)33(31,32)28-13-9-20(10-14-28)24(30)25-11-8-22-27-26-21-7-5-6-12-29(21)22/h5-7,12,15,20H,8-11,13-14H2,1-4H3,(H,25,30). The lowest BCUT2D eigenvalue weighted by Gasteiger charge is -2.31. The van der Waals surface area contributed by atoms with Gasteiger partial charge in [-0.3, -0.25) is 9.20 Å². The summed E-state index contributed by atoms with van der Waals surface area (Å²) >= 11 is 0. The number of benzene rings is 1. The lowest BCUT2D eigenvalue weighted by molar-refractivity contribution is -0.126. The van der Waals surface area contributed by atoms with Crippen LogP contribution in [0.25, 0.3) is 5.65 Å². The van der Waals surface area contributed by atoms with Crippen LogP contribution in [0.4, 0.5) is 0 Å². The first-order chi connectivity index (χ1) is 15.7. The molecule has 2 aromatic heterocycles. The molecule has 0 spiro atoms. The van der Waals surface area contributed by atoms with Crippen molar-refractivity contribution in [2.24, 2.45) is 5.92 Å². The summed E-state index contributed by atoms with van der Waals surface area (Å²) in [7, 11) is -3.60. The van der Waals surface area contributed by atoms with Gasteiger partial charge in [0, 0.05) is 38.2 Å². The topological polar surface area (TPSA) is 96.7 Å². The number of nitrogens with one attached hydrogen (secondary N) is 1. The zero-order valence-corrected chi connectivity index (χ0v) is 20.4. The molecule has 1 aliphatic rings. The number of piperidine rings is 1. The Labute approximate surface area is 195 Å². The van der Waals surface area contributed by atoms with E-state index >= 15 is 0 Å². The fraction of sp³-hybridized carbons (Fsp3) is 0.458. The molecule has 3 aromatic rings. The molecule has 0 aliphatic carbocycles. The normalized spacial score (nSPS) is 15.8. The van der Waals surface area contributed by atoms with Crippen LogP contribution in [0.1, 0.15) is 40.9 Å². The molecule has 0 atom stereocenters. The van der Waals surface area contributed by atoms with E-state index in [0.717, 1.165) is 33.7 Å². The summed E-state index contributed by atoms with van der Waals surface area (Å²) in [5.41, 5.74) is 4.34. The van der Waals surface area contributed by atoms with Crippen LogP contribution in [0.2, 0.25) is 0 Å². The molecule has 1 saturated heterocycles. The van der Waals surface area contributed by atoms with Crippen LogP contribution in [-0.4, -0.2) is 52.9 Å². The van der Waals surface area contributed by atoms with E-state index in [2.05, 4.69) is 15.5 Å². The van der Waals surface area contributed by atoms with Gasteiger partial charge in [0.1, 0.15) is 5.82 Å². The predicted molar refractivity (Wildman–Crippen MR) is 127 cm³/mol. The van der Waals surface area contributed by atoms with Gasteiger partial charge in [-0.1, -0.05) is 12.1 Å². The first-order valence-electron chi connectivity index (χ1n) is 11.3. The van der Waals surface area contributed by atoms with E-state index in [0.29, 0.717) is 43.8 Å². The quantitative estimate of drug-likeness (QED) is 0.599. The van der Waals surface area contributed by atoms with E-state index in [1.165, 1.54) is 4.31 Å². The number of nitrogens with zero attached hydrogens (tertiary/aromatic N) is 4. The summed E-state index contributed by atoms with van der Waals surface area (Å²) in [5, 5.41) is 11.3. The number of aryl methyl sites for hydroxylation is 2. The highest BCUT2D eigenvalue weighted by atomic mass is 32.2.